The predicted molar refractivity (Wildman–Crippen MR) is 127 cm³/mol. The van der Waals surface area contributed by atoms with Crippen LogP contribution >= 0.6 is 22.9 Å². The number of nitrogens with zero attached hydrogens (tertiary/aromatic N) is 2. The summed E-state index contributed by atoms with van der Waals surface area (Å²) in [5.41, 5.74) is 1.66. The largest absolute Gasteiger partial charge is 0.507 e. The highest BCUT2D eigenvalue weighted by atomic mass is 35.5. The summed E-state index contributed by atoms with van der Waals surface area (Å²) in [4.78, 5) is 33.2. The summed E-state index contributed by atoms with van der Waals surface area (Å²) >= 11 is 7.28. The van der Waals surface area contributed by atoms with Gasteiger partial charge in [-0.25, -0.2) is 4.98 Å². The van der Waals surface area contributed by atoms with Crippen LogP contribution in [0.15, 0.2) is 48.0 Å². The molecular weight excluding hydrogens is 464 g/mol. The fraction of sp³-hybridized carbons (Fsp3) is 0.208. The molecule has 0 bridgehead atoms. The van der Waals surface area contributed by atoms with Gasteiger partial charge >= 0.3 is 5.91 Å². The minimum Gasteiger partial charge on any atom is -0.507 e. The molecule has 1 fully saturated rings. The van der Waals surface area contributed by atoms with Crippen LogP contribution in [0.25, 0.3) is 5.76 Å². The molecule has 1 saturated heterocycles. The third-order valence-corrected chi connectivity index (χ3v) is 6.83. The zero-order valence-electron chi connectivity index (χ0n) is 18.4. The molecule has 1 aliphatic heterocycles. The zero-order chi connectivity index (χ0) is 23.9. The maximum absolute atomic E-state index is 13.2. The first-order valence-electron chi connectivity index (χ1n) is 9.99. The number of methoxy groups -OCH3 is 2. The van der Waals surface area contributed by atoms with Gasteiger partial charge in [-0.15, -0.1) is 11.3 Å². The number of rotatable bonds is 5. The Balaban J connectivity index is 1.97. The van der Waals surface area contributed by atoms with Gasteiger partial charge in [0.2, 0.25) is 0 Å². The first-order valence-corrected chi connectivity index (χ1v) is 11.2. The van der Waals surface area contributed by atoms with Gasteiger partial charge in [-0.2, -0.15) is 0 Å². The number of aromatic nitrogens is 1. The summed E-state index contributed by atoms with van der Waals surface area (Å²) in [6, 6.07) is 10.6. The van der Waals surface area contributed by atoms with E-state index in [2.05, 4.69) is 4.98 Å². The summed E-state index contributed by atoms with van der Waals surface area (Å²) in [5, 5.41) is 12.0. The lowest BCUT2D eigenvalue weighted by Gasteiger charge is -2.23. The lowest BCUT2D eigenvalue weighted by Crippen LogP contribution is -2.29. The molecule has 1 amide bonds. The number of hydrogen-bond donors (Lipinski definition) is 1. The van der Waals surface area contributed by atoms with Crippen molar-refractivity contribution in [2.45, 2.75) is 19.9 Å². The summed E-state index contributed by atoms with van der Waals surface area (Å²) in [6.45, 7) is 3.73. The smallest absolute Gasteiger partial charge is 0.301 e. The number of aliphatic hydroxyl groups is 1. The molecule has 170 valence electrons. The Labute approximate surface area is 199 Å². The number of ether oxygens (including phenoxy) is 2. The first kappa shape index (κ1) is 22.8. The normalized spacial score (nSPS) is 17.5. The molecule has 33 heavy (non-hydrogen) atoms. The van der Waals surface area contributed by atoms with E-state index in [0.29, 0.717) is 32.8 Å². The first-order chi connectivity index (χ1) is 15.8. The van der Waals surface area contributed by atoms with Gasteiger partial charge in [-0.05, 0) is 55.8 Å². The van der Waals surface area contributed by atoms with Crippen LogP contribution in [0.2, 0.25) is 5.02 Å². The van der Waals surface area contributed by atoms with E-state index in [1.165, 1.54) is 30.5 Å². The minimum atomic E-state index is -0.912. The Morgan fingerprint density at radius 1 is 1.06 bits per heavy atom. The van der Waals surface area contributed by atoms with E-state index < -0.39 is 17.7 Å². The van der Waals surface area contributed by atoms with Crippen molar-refractivity contribution in [1.82, 2.24) is 4.98 Å². The summed E-state index contributed by atoms with van der Waals surface area (Å²) in [7, 11) is 3.02. The molecule has 0 saturated carbocycles. The third kappa shape index (κ3) is 3.96. The Morgan fingerprint density at radius 3 is 2.30 bits per heavy atom. The topological polar surface area (TPSA) is 89.0 Å². The molecule has 1 atom stereocenters. The Kier molecular flexibility index (Phi) is 6.14. The number of carbonyl (C=O) groups excluding carboxylic acids is 2. The van der Waals surface area contributed by atoms with Crippen molar-refractivity contribution in [2.75, 3.05) is 19.1 Å². The van der Waals surface area contributed by atoms with Gasteiger partial charge in [0.15, 0.2) is 16.6 Å². The summed E-state index contributed by atoms with van der Waals surface area (Å²) in [5.74, 6) is -0.931. The number of aryl methyl sites for hydroxylation is 2. The Hall–Kier alpha value is -3.36. The number of amides is 1. The van der Waals surface area contributed by atoms with Crippen LogP contribution < -0.4 is 14.4 Å². The van der Waals surface area contributed by atoms with Crippen LogP contribution in [0, 0.1) is 13.8 Å². The van der Waals surface area contributed by atoms with E-state index >= 15 is 0 Å². The van der Waals surface area contributed by atoms with Crippen LogP contribution in [-0.4, -0.2) is 36.0 Å². The van der Waals surface area contributed by atoms with Crippen molar-refractivity contribution < 1.29 is 24.2 Å². The van der Waals surface area contributed by atoms with Gasteiger partial charge in [0.1, 0.15) is 5.76 Å². The quantitative estimate of drug-likeness (QED) is 0.309. The lowest BCUT2D eigenvalue weighted by atomic mass is 9.95. The van der Waals surface area contributed by atoms with E-state index in [1.807, 2.05) is 13.8 Å². The second-order valence-corrected chi connectivity index (χ2v) is 9.05. The molecule has 0 unspecified atom stereocenters. The molecule has 0 spiro atoms. The summed E-state index contributed by atoms with van der Waals surface area (Å²) in [6.07, 6.45) is 0. The highest BCUT2D eigenvalue weighted by molar-refractivity contribution is 7.16. The minimum absolute atomic E-state index is 0.0416. The molecule has 2 heterocycles. The number of thiazole rings is 1. The highest BCUT2D eigenvalue weighted by Gasteiger charge is 2.48. The predicted octanol–water partition coefficient (Wildman–Crippen LogP) is 5.06. The van der Waals surface area contributed by atoms with Crippen LogP contribution in [-0.2, 0) is 9.59 Å². The molecule has 0 radical (unpaired) electrons. The average molecular weight is 485 g/mol. The molecule has 9 heteroatoms. The van der Waals surface area contributed by atoms with Crippen molar-refractivity contribution in [3.8, 4) is 11.5 Å². The summed E-state index contributed by atoms with van der Waals surface area (Å²) < 4.78 is 10.8. The number of benzene rings is 2. The second kappa shape index (κ2) is 8.88. The van der Waals surface area contributed by atoms with Gasteiger partial charge in [-0.3, -0.25) is 14.5 Å². The van der Waals surface area contributed by atoms with Crippen LogP contribution in [0.4, 0.5) is 5.13 Å². The molecule has 4 rings (SSSR count). The number of carbonyl (C=O) groups is 2. The molecule has 1 aliphatic rings. The average Bonchev–Trinajstić information content (AvgIpc) is 3.28. The molecule has 1 aromatic heterocycles. The Bertz CT molecular complexity index is 1260. The maximum atomic E-state index is 13.2. The van der Waals surface area contributed by atoms with E-state index in [9.17, 15) is 14.7 Å². The van der Waals surface area contributed by atoms with Crippen LogP contribution in [0.3, 0.4) is 0 Å². The molecule has 2 aromatic carbocycles. The molecule has 0 aliphatic carbocycles. The number of halogens is 1. The van der Waals surface area contributed by atoms with Crippen LogP contribution in [0.1, 0.15) is 27.7 Å². The third-order valence-electron chi connectivity index (χ3n) is 5.51. The fourth-order valence-corrected chi connectivity index (χ4v) is 4.75. The van der Waals surface area contributed by atoms with Crippen molar-refractivity contribution >= 4 is 45.5 Å². The van der Waals surface area contributed by atoms with Crippen molar-refractivity contribution in [2.24, 2.45) is 0 Å². The van der Waals surface area contributed by atoms with Gasteiger partial charge in [0.05, 0.1) is 31.5 Å². The lowest BCUT2D eigenvalue weighted by molar-refractivity contribution is -0.132. The second-order valence-electron chi connectivity index (χ2n) is 7.43. The van der Waals surface area contributed by atoms with Gasteiger partial charge in [-0.1, -0.05) is 17.7 Å². The molecule has 3 aromatic rings. The standard InChI is InChI=1S/C24H21ClN2O5S/c1-12-13(2)33-24(26-12)27-20(15-7-10-17(31-3)18(11-15)32-4)19(22(29)23(27)30)21(28)14-5-8-16(25)9-6-14/h5-11,20,28H,1-4H3/t20-/m0/s1. The molecular formula is C24H21ClN2O5S. The van der Waals surface area contributed by atoms with E-state index in [1.54, 1.807) is 42.5 Å². The van der Waals surface area contributed by atoms with Crippen molar-refractivity contribution in [3.63, 3.8) is 0 Å². The molecule has 7 nitrogen and oxygen atoms in total. The highest BCUT2D eigenvalue weighted by Crippen LogP contribution is 2.45. The van der Waals surface area contributed by atoms with E-state index in [-0.39, 0.29) is 11.3 Å². The SMILES string of the molecule is COc1ccc([C@H]2C(=C(O)c3ccc(Cl)cc3)C(=O)C(=O)N2c2nc(C)c(C)s2)cc1OC. The zero-order valence-corrected chi connectivity index (χ0v) is 20.0. The Morgan fingerprint density at radius 2 is 1.73 bits per heavy atom. The van der Waals surface area contributed by atoms with Crippen molar-refractivity contribution in [3.05, 3.63) is 74.8 Å². The number of anilines is 1. The van der Waals surface area contributed by atoms with Crippen molar-refractivity contribution in [1.29, 1.82) is 0 Å². The number of aliphatic hydroxyl groups excluding tert-OH is 1. The monoisotopic (exact) mass is 484 g/mol. The van der Waals surface area contributed by atoms with E-state index in [4.69, 9.17) is 21.1 Å². The van der Waals surface area contributed by atoms with Gasteiger partial charge in [0, 0.05) is 15.5 Å². The van der Waals surface area contributed by atoms with Crippen LogP contribution in [0.5, 0.6) is 11.5 Å². The number of hydrogen-bond acceptors (Lipinski definition) is 7. The van der Waals surface area contributed by atoms with E-state index in [0.717, 1.165) is 10.6 Å². The molecule has 1 N–H and O–H groups in total. The number of ketones is 1. The van der Waals surface area contributed by atoms with Gasteiger partial charge < -0.3 is 14.6 Å². The number of Topliss-reactive ketones (excluding diaryl/α,β-unsaturated/α-hetero) is 1. The maximum Gasteiger partial charge on any atom is 0.301 e. The fourth-order valence-electron chi connectivity index (χ4n) is 3.69. The van der Waals surface area contributed by atoms with Gasteiger partial charge in [0.25, 0.3) is 5.78 Å².